The van der Waals surface area contributed by atoms with Gasteiger partial charge in [-0.25, -0.2) is 0 Å². The topological polar surface area (TPSA) is 27.7 Å². The fourth-order valence-corrected chi connectivity index (χ4v) is 3.80. The highest BCUT2D eigenvalue weighted by atomic mass is 16.5. The first kappa shape index (κ1) is 14.8. The minimum Gasteiger partial charge on any atom is -0.497 e. The van der Waals surface area contributed by atoms with Crippen molar-refractivity contribution in [3.8, 4) is 5.75 Å². The van der Waals surface area contributed by atoms with Crippen LogP contribution in [0.1, 0.15) is 23.6 Å². The minimum atomic E-state index is 0.433. The zero-order chi connectivity index (χ0) is 14.8. The number of methoxy groups -OCH3 is 1. The molecule has 0 aromatic heterocycles. The van der Waals surface area contributed by atoms with E-state index in [1.165, 1.54) is 43.7 Å². The number of piperazine rings is 1. The highest BCUT2D eigenvalue weighted by Crippen LogP contribution is 2.35. The van der Waals surface area contributed by atoms with Crippen LogP contribution in [0.25, 0.3) is 0 Å². The van der Waals surface area contributed by atoms with Gasteiger partial charge in [-0.3, -0.25) is 4.90 Å². The molecule has 2 aliphatic rings. The molecule has 1 saturated heterocycles. The lowest BCUT2D eigenvalue weighted by atomic mass is 9.83. The summed E-state index contributed by atoms with van der Waals surface area (Å²) < 4.78 is 5.37. The summed E-state index contributed by atoms with van der Waals surface area (Å²) in [6.07, 6.45) is 2.39. The standard InChI is InChI=1S/C17H27N3O/c1-18-17-15-6-5-14(21-3)12-13(15)4-7-16(17)20-10-8-19(2)9-11-20/h5-6,12,16-18H,4,7-11H2,1-3H3. The van der Waals surface area contributed by atoms with E-state index in [0.717, 1.165) is 12.2 Å². The first-order chi connectivity index (χ1) is 10.2. The molecule has 21 heavy (non-hydrogen) atoms. The summed E-state index contributed by atoms with van der Waals surface area (Å²) in [5.74, 6) is 0.974. The smallest absolute Gasteiger partial charge is 0.119 e. The molecule has 2 atom stereocenters. The Labute approximate surface area is 128 Å². The molecule has 1 N–H and O–H groups in total. The third kappa shape index (κ3) is 2.93. The zero-order valence-corrected chi connectivity index (χ0v) is 13.4. The molecule has 0 bridgehead atoms. The van der Waals surface area contributed by atoms with Gasteiger partial charge in [-0.05, 0) is 50.2 Å². The van der Waals surface area contributed by atoms with Gasteiger partial charge in [-0.15, -0.1) is 0 Å². The number of ether oxygens (including phenoxy) is 1. The molecule has 4 heteroatoms. The average molecular weight is 289 g/mol. The van der Waals surface area contributed by atoms with Gasteiger partial charge in [-0.2, -0.15) is 0 Å². The van der Waals surface area contributed by atoms with Crippen molar-refractivity contribution in [1.82, 2.24) is 15.1 Å². The summed E-state index contributed by atoms with van der Waals surface area (Å²) in [5.41, 5.74) is 2.90. The first-order valence-electron chi connectivity index (χ1n) is 7.99. The van der Waals surface area contributed by atoms with Crippen molar-refractivity contribution in [1.29, 1.82) is 0 Å². The number of hydrogen-bond acceptors (Lipinski definition) is 4. The van der Waals surface area contributed by atoms with E-state index in [4.69, 9.17) is 4.74 Å². The second-order valence-corrected chi connectivity index (χ2v) is 6.28. The fourth-order valence-electron chi connectivity index (χ4n) is 3.80. The Kier molecular flexibility index (Phi) is 4.48. The molecule has 0 saturated carbocycles. The molecule has 4 nitrogen and oxygen atoms in total. The summed E-state index contributed by atoms with van der Waals surface area (Å²) in [7, 11) is 6.05. The Hall–Kier alpha value is -1.10. The van der Waals surface area contributed by atoms with Crippen LogP contribution in [0.2, 0.25) is 0 Å². The maximum atomic E-state index is 5.37. The van der Waals surface area contributed by atoms with Crippen LogP contribution in [-0.2, 0) is 6.42 Å². The molecular weight excluding hydrogens is 262 g/mol. The van der Waals surface area contributed by atoms with Gasteiger partial charge in [0.15, 0.2) is 0 Å². The SMILES string of the molecule is CNC1c2ccc(OC)cc2CCC1N1CCN(C)CC1. The number of fused-ring (bicyclic) bond motifs is 1. The number of aryl methyl sites for hydroxylation is 1. The molecule has 2 unspecified atom stereocenters. The Morgan fingerprint density at radius 3 is 2.62 bits per heavy atom. The number of nitrogens with zero attached hydrogens (tertiary/aromatic N) is 2. The van der Waals surface area contributed by atoms with E-state index in [1.54, 1.807) is 7.11 Å². The van der Waals surface area contributed by atoms with Gasteiger partial charge in [-0.1, -0.05) is 6.07 Å². The molecule has 1 heterocycles. The quantitative estimate of drug-likeness (QED) is 0.913. The van der Waals surface area contributed by atoms with Crippen molar-refractivity contribution in [2.24, 2.45) is 0 Å². The van der Waals surface area contributed by atoms with Gasteiger partial charge < -0.3 is 15.0 Å². The zero-order valence-electron chi connectivity index (χ0n) is 13.4. The number of likely N-dealkylation sites (N-methyl/N-ethyl adjacent to an activating group) is 2. The normalized spacial score (nSPS) is 27.4. The minimum absolute atomic E-state index is 0.433. The van der Waals surface area contributed by atoms with Gasteiger partial charge >= 0.3 is 0 Å². The molecule has 1 aliphatic carbocycles. The first-order valence-corrected chi connectivity index (χ1v) is 7.99. The van der Waals surface area contributed by atoms with Crippen LogP contribution in [0.3, 0.4) is 0 Å². The van der Waals surface area contributed by atoms with E-state index in [1.807, 2.05) is 0 Å². The summed E-state index contributed by atoms with van der Waals surface area (Å²) >= 11 is 0. The van der Waals surface area contributed by atoms with Crippen molar-refractivity contribution in [2.75, 3.05) is 47.4 Å². The van der Waals surface area contributed by atoms with Crippen LogP contribution >= 0.6 is 0 Å². The Bertz CT molecular complexity index is 483. The van der Waals surface area contributed by atoms with E-state index in [-0.39, 0.29) is 0 Å². The summed E-state index contributed by atoms with van der Waals surface area (Å²) in [4.78, 5) is 5.10. The fraction of sp³-hybridized carbons (Fsp3) is 0.647. The van der Waals surface area contributed by atoms with Gasteiger partial charge in [0.2, 0.25) is 0 Å². The van der Waals surface area contributed by atoms with Gasteiger partial charge in [0.05, 0.1) is 7.11 Å². The largest absolute Gasteiger partial charge is 0.497 e. The lowest BCUT2D eigenvalue weighted by Gasteiger charge is -2.44. The van der Waals surface area contributed by atoms with Gasteiger partial charge in [0.25, 0.3) is 0 Å². The van der Waals surface area contributed by atoms with Crippen LogP contribution in [0.15, 0.2) is 18.2 Å². The number of hydrogen-bond donors (Lipinski definition) is 1. The number of nitrogens with one attached hydrogen (secondary N) is 1. The summed E-state index contributed by atoms with van der Waals surface area (Å²) in [5, 5.41) is 3.56. The van der Waals surface area contributed by atoms with E-state index in [9.17, 15) is 0 Å². The van der Waals surface area contributed by atoms with Crippen molar-refractivity contribution in [3.63, 3.8) is 0 Å². The second-order valence-electron chi connectivity index (χ2n) is 6.28. The molecule has 1 aliphatic heterocycles. The molecule has 1 fully saturated rings. The average Bonchev–Trinajstić information content (AvgIpc) is 2.54. The lowest BCUT2D eigenvalue weighted by molar-refractivity contribution is 0.0831. The Morgan fingerprint density at radius 1 is 1.19 bits per heavy atom. The third-order valence-corrected chi connectivity index (χ3v) is 5.10. The van der Waals surface area contributed by atoms with Crippen LogP contribution in [-0.4, -0.2) is 63.2 Å². The maximum absolute atomic E-state index is 5.37. The Balaban J connectivity index is 1.81. The molecule has 0 amide bonds. The van der Waals surface area contributed by atoms with Crippen molar-refractivity contribution < 1.29 is 4.74 Å². The highest BCUT2D eigenvalue weighted by Gasteiger charge is 2.33. The van der Waals surface area contributed by atoms with E-state index >= 15 is 0 Å². The van der Waals surface area contributed by atoms with Crippen molar-refractivity contribution >= 4 is 0 Å². The second kappa shape index (κ2) is 6.34. The monoisotopic (exact) mass is 289 g/mol. The predicted molar refractivity (Wildman–Crippen MR) is 86.0 cm³/mol. The van der Waals surface area contributed by atoms with Crippen LogP contribution in [0, 0.1) is 0 Å². The molecule has 0 radical (unpaired) electrons. The maximum Gasteiger partial charge on any atom is 0.119 e. The molecule has 0 spiro atoms. The third-order valence-electron chi connectivity index (χ3n) is 5.10. The lowest BCUT2D eigenvalue weighted by Crippen LogP contribution is -2.53. The molecular formula is C17H27N3O. The molecule has 1 aromatic carbocycles. The summed E-state index contributed by atoms with van der Waals surface area (Å²) in [6, 6.07) is 7.60. The van der Waals surface area contributed by atoms with Gasteiger partial charge in [0, 0.05) is 38.3 Å². The van der Waals surface area contributed by atoms with E-state index in [2.05, 4.69) is 47.4 Å². The molecule has 1 aromatic rings. The van der Waals surface area contributed by atoms with E-state index < -0.39 is 0 Å². The predicted octanol–water partition coefficient (Wildman–Crippen LogP) is 1.52. The van der Waals surface area contributed by atoms with Crippen molar-refractivity contribution in [3.05, 3.63) is 29.3 Å². The van der Waals surface area contributed by atoms with Crippen molar-refractivity contribution in [2.45, 2.75) is 24.9 Å². The van der Waals surface area contributed by atoms with E-state index in [0.29, 0.717) is 12.1 Å². The molecule has 116 valence electrons. The van der Waals surface area contributed by atoms with Crippen LogP contribution in [0.5, 0.6) is 5.75 Å². The number of rotatable bonds is 3. The number of benzene rings is 1. The highest BCUT2D eigenvalue weighted by molar-refractivity contribution is 5.40. The van der Waals surface area contributed by atoms with Crippen LogP contribution < -0.4 is 10.1 Å². The van der Waals surface area contributed by atoms with Gasteiger partial charge in [0.1, 0.15) is 5.75 Å². The van der Waals surface area contributed by atoms with Crippen LogP contribution in [0.4, 0.5) is 0 Å². The molecule has 3 rings (SSSR count). The summed E-state index contributed by atoms with van der Waals surface area (Å²) in [6.45, 7) is 4.74. The Morgan fingerprint density at radius 2 is 1.95 bits per heavy atom.